The summed E-state index contributed by atoms with van der Waals surface area (Å²) in [7, 11) is 0. The number of halogens is 1. The Kier molecular flexibility index (Phi) is 4.64. The minimum absolute atomic E-state index is 0.289. The van der Waals surface area contributed by atoms with Gasteiger partial charge >= 0.3 is 0 Å². The zero-order chi connectivity index (χ0) is 18.1. The highest BCUT2D eigenvalue weighted by Gasteiger charge is 2.38. The highest BCUT2D eigenvalue weighted by Crippen LogP contribution is 2.32. The van der Waals surface area contributed by atoms with Crippen LogP contribution in [0.3, 0.4) is 0 Å². The van der Waals surface area contributed by atoms with Crippen molar-refractivity contribution in [3.63, 3.8) is 0 Å². The summed E-state index contributed by atoms with van der Waals surface area (Å²) in [5.74, 6) is -0.596. The maximum absolute atomic E-state index is 12.8. The lowest BCUT2D eigenvalue weighted by Gasteiger charge is -2.14. The van der Waals surface area contributed by atoms with Crippen LogP contribution < -0.4 is 5.32 Å². The van der Waals surface area contributed by atoms with Crippen molar-refractivity contribution in [2.75, 3.05) is 11.9 Å². The number of rotatable bonds is 4. The van der Waals surface area contributed by atoms with E-state index in [9.17, 15) is 9.59 Å². The van der Waals surface area contributed by atoms with Gasteiger partial charge in [-0.2, -0.15) is 0 Å². The molecule has 2 aromatic carbocycles. The lowest BCUT2D eigenvalue weighted by atomic mass is 10.0. The van der Waals surface area contributed by atoms with Crippen LogP contribution in [0.4, 0.5) is 5.69 Å². The molecule has 0 bridgehead atoms. The fraction of sp³-hybridized carbons (Fsp3) is 0.200. The van der Waals surface area contributed by atoms with Crippen LogP contribution in [0.1, 0.15) is 23.6 Å². The molecular formula is C20H19ClN2O2. The maximum Gasteiger partial charge on any atom is 0.278 e. The van der Waals surface area contributed by atoms with Crippen molar-refractivity contribution >= 4 is 34.7 Å². The molecule has 0 atom stereocenters. The van der Waals surface area contributed by atoms with E-state index < -0.39 is 0 Å². The number of hydrogen-bond acceptors (Lipinski definition) is 3. The number of amides is 2. The molecule has 0 spiro atoms. The number of imide groups is 1. The third-order valence-corrected chi connectivity index (χ3v) is 4.73. The first-order valence-electron chi connectivity index (χ1n) is 8.13. The van der Waals surface area contributed by atoms with Crippen molar-refractivity contribution in [1.82, 2.24) is 4.90 Å². The van der Waals surface area contributed by atoms with Crippen molar-refractivity contribution in [3.8, 4) is 0 Å². The van der Waals surface area contributed by atoms with Crippen molar-refractivity contribution in [1.29, 1.82) is 0 Å². The molecular weight excluding hydrogens is 336 g/mol. The number of aryl methyl sites for hydroxylation is 1. The lowest BCUT2D eigenvalue weighted by Crippen LogP contribution is -2.32. The van der Waals surface area contributed by atoms with Crippen LogP contribution in [0.15, 0.2) is 48.2 Å². The molecule has 1 heterocycles. The molecule has 3 rings (SSSR count). The van der Waals surface area contributed by atoms with E-state index in [0.717, 1.165) is 16.8 Å². The van der Waals surface area contributed by atoms with Gasteiger partial charge in [-0.25, -0.2) is 0 Å². The number of nitrogens with one attached hydrogen (secondary N) is 1. The van der Waals surface area contributed by atoms with Gasteiger partial charge in [0.25, 0.3) is 11.8 Å². The molecule has 0 saturated carbocycles. The standard InChI is InChI=1S/C20H19ClN2O2/c1-4-23-19(24)17(14-8-10-15(21)11-9-14)18(20(23)25)22-16-7-5-6-12(2)13(16)3/h5-11,22H,4H2,1-3H3. The largest absolute Gasteiger partial charge is 0.350 e. The summed E-state index contributed by atoms with van der Waals surface area (Å²) >= 11 is 5.95. The summed E-state index contributed by atoms with van der Waals surface area (Å²) in [6.45, 7) is 6.11. The normalized spacial score (nSPS) is 14.5. The fourth-order valence-electron chi connectivity index (χ4n) is 2.88. The summed E-state index contributed by atoms with van der Waals surface area (Å²) in [4.78, 5) is 26.8. The highest BCUT2D eigenvalue weighted by molar-refractivity contribution is 6.36. The van der Waals surface area contributed by atoms with Gasteiger partial charge in [0.15, 0.2) is 0 Å². The first kappa shape index (κ1) is 17.2. The van der Waals surface area contributed by atoms with Gasteiger partial charge in [0.2, 0.25) is 0 Å². The van der Waals surface area contributed by atoms with Crippen molar-refractivity contribution in [3.05, 3.63) is 69.9 Å². The average Bonchev–Trinajstić information content (AvgIpc) is 2.83. The molecule has 128 valence electrons. The van der Waals surface area contributed by atoms with E-state index in [4.69, 9.17) is 11.6 Å². The molecule has 0 saturated heterocycles. The maximum atomic E-state index is 12.8. The van der Waals surface area contributed by atoms with Gasteiger partial charge in [0.1, 0.15) is 5.70 Å². The third-order valence-electron chi connectivity index (χ3n) is 4.48. The molecule has 0 fully saturated rings. The van der Waals surface area contributed by atoms with Gasteiger partial charge in [0, 0.05) is 17.3 Å². The third kappa shape index (κ3) is 3.05. The van der Waals surface area contributed by atoms with Crippen molar-refractivity contribution in [2.45, 2.75) is 20.8 Å². The molecule has 2 aromatic rings. The summed E-state index contributed by atoms with van der Waals surface area (Å²) in [6.07, 6.45) is 0. The predicted octanol–water partition coefficient (Wildman–Crippen LogP) is 4.17. The molecule has 0 radical (unpaired) electrons. The Bertz CT molecular complexity index is 885. The molecule has 4 nitrogen and oxygen atoms in total. The predicted molar refractivity (Wildman–Crippen MR) is 100 cm³/mol. The number of carbonyl (C=O) groups excluding carboxylic acids is 2. The zero-order valence-corrected chi connectivity index (χ0v) is 15.1. The lowest BCUT2D eigenvalue weighted by molar-refractivity contribution is -0.136. The van der Waals surface area contributed by atoms with Crippen LogP contribution in [-0.4, -0.2) is 23.3 Å². The Morgan fingerprint density at radius 3 is 2.32 bits per heavy atom. The quantitative estimate of drug-likeness (QED) is 0.838. The Labute approximate surface area is 152 Å². The minimum atomic E-state index is -0.307. The molecule has 5 heteroatoms. The minimum Gasteiger partial charge on any atom is -0.350 e. The summed E-state index contributed by atoms with van der Waals surface area (Å²) in [6, 6.07) is 12.8. The smallest absolute Gasteiger partial charge is 0.278 e. The average molecular weight is 355 g/mol. The Hall–Kier alpha value is -2.59. The van der Waals surface area contributed by atoms with Crippen molar-refractivity contribution in [2.24, 2.45) is 0 Å². The van der Waals surface area contributed by atoms with Gasteiger partial charge in [-0.15, -0.1) is 0 Å². The second-order valence-electron chi connectivity index (χ2n) is 5.98. The van der Waals surface area contributed by atoms with Crippen LogP contribution in [0.2, 0.25) is 5.02 Å². The number of benzene rings is 2. The number of nitrogens with zero attached hydrogens (tertiary/aromatic N) is 1. The Morgan fingerprint density at radius 2 is 1.68 bits per heavy atom. The molecule has 0 aromatic heterocycles. The summed E-state index contributed by atoms with van der Waals surface area (Å²) < 4.78 is 0. The van der Waals surface area contributed by atoms with Gasteiger partial charge in [-0.05, 0) is 55.7 Å². The van der Waals surface area contributed by atoms with Gasteiger partial charge < -0.3 is 5.32 Å². The van der Waals surface area contributed by atoms with E-state index in [-0.39, 0.29) is 11.8 Å². The molecule has 1 aliphatic rings. The van der Waals surface area contributed by atoms with Crippen LogP contribution in [0.25, 0.3) is 5.57 Å². The fourth-order valence-corrected chi connectivity index (χ4v) is 3.01. The number of anilines is 1. The van der Waals surface area contributed by atoms with Crippen LogP contribution in [-0.2, 0) is 9.59 Å². The molecule has 1 aliphatic heterocycles. The molecule has 0 aliphatic carbocycles. The first-order chi connectivity index (χ1) is 11.9. The summed E-state index contributed by atoms with van der Waals surface area (Å²) in [5.41, 5.74) is 4.34. The van der Waals surface area contributed by atoms with Crippen molar-refractivity contribution < 1.29 is 9.59 Å². The summed E-state index contributed by atoms with van der Waals surface area (Å²) in [5, 5.41) is 3.77. The van der Waals surface area contributed by atoms with Crippen LogP contribution in [0.5, 0.6) is 0 Å². The second kappa shape index (κ2) is 6.73. The zero-order valence-electron chi connectivity index (χ0n) is 14.4. The number of hydrogen-bond donors (Lipinski definition) is 1. The van der Waals surface area contributed by atoms with Gasteiger partial charge in [0.05, 0.1) is 5.57 Å². The van der Waals surface area contributed by atoms with E-state index in [2.05, 4.69) is 5.32 Å². The Balaban J connectivity index is 2.12. The van der Waals surface area contributed by atoms with Gasteiger partial charge in [-0.3, -0.25) is 14.5 Å². The van der Waals surface area contributed by atoms with Gasteiger partial charge in [-0.1, -0.05) is 35.9 Å². The Morgan fingerprint density at radius 1 is 1.00 bits per heavy atom. The van der Waals surface area contributed by atoms with E-state index in [1.807, 2.05) is 32.0 Å². The molecule has 0 unspecified atom stereocenters. The van der Waals surface area contributed by atoms with Crippen LogP contribution in [0, 0.1) is 13.8 Å². The van der Waals surface area contributed by atoms with E-state index >= 15 is 0 Å². The first-order valence-corrected chi connectivity index (χ1v) is 8.51. The SMILES string of the molecule is CCN1C(=O)C(Nc2cccc(C)c2C)=C(c2ccc(Cl)cc2)C1=O. The number of likely N-dealkylation sites (N-methyl/N-ethyl adjacent to an activating group) is 1. The molecule has 25 heavy (non-hydrogen) atoms. The number of carbonyl (C=O) groups is 2. The molecule has 2 amide bonds. The topological polar surface area (TPSA) is 49.4 Å². The van der Waals surface area contributed by atoms with E-state index in [0.29, 0.717) is 28.4 Å². The van der Waals surface area contributed by atoms with E-state index in [1.165, 1.54) is 4.90 Å². The van der Waals surface area contributed by atoms with E-state index in [1.54, 1.807) is 31.2 Å². The second-order valence-corrected chi connectivity index (χ2v) is 6.42. The molecule has 1 N–H and O–H groups in total. The monoisotopic (exact) mass is 354 g/mol. The highest BCUT2D eigenvalue weighted by atomic mass is 35.5. The van der Waals surface area contributed by atoms with Crippen LogP contribution >= 0.6 is 11.6 Å².